The number of hydrogen-bond donors (Lipinski definition) is 1. The molecule has 0 radical (unpaired) electrons. The van der Waals surface area contributed by atoms with Crippen LogP contribution in [0.25, 0.3) is 4.96 Å². The van der Waals surface area contributed by atoms with Gasteiger partial charge < -0.3 is 5.11 Å². The van der Waals surface area contributed by atoms with Crippen LogP contribution in [0.3, 0.4) is 0 Å². The highest BCUT2D eigenvalue weighted by molar-refractivity contribution is 7.15. The first-order valence-electron chi connectivity index (χ1n) is 3.50. The van der Waals surface area contributed by atoms with E-state index < -0.39 is 11.8 Å². The van der Waals surface area contributed by atoms with E-state index in [1.54, 1.807) is 11.6 Å². The van der Waals surface area contributed by atoms with E-state index in [2.05, 4.69) is 4.98 Å². The van der Waals surface area contributed by atoms with Gasteiger partial charge in [0.05, 0.1) is 0 Å². The number of carboxylic acids is 1. The van der Waals surface area contributed by atoms with Crippen LogP contribution >= 0.6 is 22.9 Å². The molecule has 72 valence electrons. The van der Waals surface area contributed by atoms with Crippen LogP contribution < -0.4 is 0 Å². The highest BCUT2D eigenvalue weighted by Crippen LogP contribution is 2.21. The third-order valence-corrected chi connectivity index (χ3v) is 2.65. The minimum Gasteiger partial charge on any atom is -0.475 e. The lowest BCUT2D eigenvalue weighted by atomic mass is 10.3. The summed E-state index contributed by atoms with van der Waals surface area (Å²) in [4.78, 5) is 26.0. The Kier molecular flexibility index (Phi) is 2.01. The van der Waals surface area contributed by atoms with Gasteiger partial charge in [-0.2, -0.15) is 0 Å². The molecule has 0 aromatic carbocycles. The maximum atomic E-state index is 11.2. The standard InChI is InChI=1S/C7H3ClN2O3S/c8-5-3(4(11)6(12)13)10-1-2-14-7(10)9-5/h1-2H,(H,12,13). The lowest BCUT2D eigenvalue weighted by molar-refractivity contribution is -0.131. The first kappa shape index (κ1) is 9.17. The number of thiazole rings is 1. The lowest BCUT2D eigenvalue weighted by Crippen LogP contribution is -2.15. The Morgan fingerprint density at radius 1 is 1.57 bits per heavy atom. The number of aliphatic carboxylic acids is 1. The SMILES string of the molecule is O=C(O)C(=O)c1c(Cl)nc2sccn12. The van der Waals surface area contributed by atoms with Crippen molar-refractivity contribution in [3.63, 3.8) is 0 Å². The number of imidazole rings is 1. The molecule has 5 nitrogen and oxygen atoms in total. The smallest absolute Gasteiger partial charge is 0.378 e. The van der Waals surface area contributed by atoms with Crippen molar-refractivity contribution in [1.82, 2.24) is 9.38 Å². The van der Waals surface area contributed by atoms with Crippen LogP contribution in [0.4, 0.5) is 0 Å². The fourth-order valence-corrected chi connectivity index (χ4v) is 2.08. The Hall–Kier alpha value is -1.40. The van der Waals surface area contributed by atoms with E-state index >= 15 is 0 Å². The van der Waals surface area contributed by atoms with E-state index in [0.29, 0.717) is 4.96 Å². The summed E-state index contributed by atoms with van der Waals surface area (Å²) < 4.78 is 1.36. The number of ketones is 1. The largest absolute Gasteiger partial charge is 0.475 e. The Morgan fingerprint density at radius 2 is 2.29 bits per heavy atom. The van der Waals surface area contributed by atoms with Crippen molar-refractivity contribution in [1.29, 1.82) is 0 Å². The third-order valence-electron chi connectivity index (χ3n) is 1.63. The van der Waals surface area contributed by atoms with Crippen molar-refractivity contribution in [3.05, 3.63) is 22.4 Å². The fourth-order valence-electron chi connectivity index (χ4n) is 1.06. The second-order valence-electron chi connectivity index (χ2n) is 2.44. The van der Waals surface area contributed by atoms with Crippen molar-refractivity contribution in [3.8, 4) is 0 Å². The number of hydrogen-bond acceptors (Lipinski definition) is 4. The minimum absolute atomic E-state index is 0.0794. The molecule has 0 saturated carbocycles. The monoisotopic (exact) mass is 230 g/mol. The summed E-state index contributed by atoms with van der Waals surface area (Å²) in [6.07, 6.45) is 1.55. The van der Waals surface area contributed by atoms with Gasteiger partial charge in [-0.25, -0.2) is 9.78 Å². The maximum absolute atomic E-state index is 11.2. The number of halogens is 1. The summed E-state index contributed by atoms with van der Waals surface area (Å²) in [6, 6.07) is 0. The second-order valence-corrected chi connectivity index (χ2v) is 3.67. The normalized spacial score (nSPS) is 10.6. The molecule has 2 rings (SSSR count). The van der Waals surface area contributed by atoms with Gasteiger partial charge in [0.25, 0.3) is 5.78 Å². The number of carbonyl (C=O) groups excluding carboxylic acids is 1. The first-order chi connectivity index (χ1) is 6.61. The van der Waals surface area contributed by atoms with E-state index in [4.69, 9.17) is 16.7 Å². The third kappa shape index (κ3) is 1.19. The van der Waals surface area contributed by atoms with Crippen LogP contribution in [-0.4, -0.2) is 26.2 Å². The van der Waals surface area contributed by atoms with Crippen LogP contribution in [0.1, 0.15) is 10.5 Å². The van der Waals surface area contributed by atoms with Gasteiger partial charge in [-0.15, -0.1) is 11.3 Å². The van der Waals surface area contributed by atoms with Gasteiger partial charge in [-0.3, -0.25) is 9.20 Å². The molecule has 14 heavy (non-hydrogen) atoms. The van der Waals surface area contributed by atoms with E-state index in [-0.39, 0.29) is 10.8 Å². The van der Waals surface area contributed by atoms with E-state index in [9.17, 15) is 9.59 Å². The van der Waals surface area contributed by atoms with Crippen LogP contribution in [0, 0.1) is 0 Å². The average Bonchev–Trinajstić information content (AvgIpc) is 2.62. The molecule has 0 amide bonds. The molecule has 1 N–H and O–H groups in total. The highest BCUT2D eigenvalue weighted by atomic mass is 35.5. The number of carbonyl (C=O) groups is 2. The molecule has 0 unspecified atom stereocenters. The Labute approximate surface area is 86.6 Å². The molecular weight excluding hydrogens is 228 g/mol. The quantitative estimate of drug-likeness (QED) is 0.624. The summed E-state index contributed by atoms with van der Waals surface area (Å²) >= 11 is 6.91. The summed E-state index contributed by atoms with van der Waals surface area (Å²) in [7, 11) is 0. The average molecular weight is 231 g/mol. The molecule has 2 heterocycles. The second kappa shape index (κ2) is 3.07. The zero-order valence-corrected chi connectivity index (χ0v) is 8.17. The zero-order valence-electron chi connectivity index (χ0n) is 6.60. The number of aromatic nitrogens is 2. The lowest BCUT2D eigenvalue weighted by Gasteiger charge is -1.92. The van der Waals surface area contributed by atoms with Gasteiger partial charge >= 0.3 is 5.97 Å². The van der Waals surface area contributed by atoms with Crippen LogP contribution in [0.2, 0.25) is 5.15 Å². The van der Waals surface area contributed by atoms with Crippen molar-refractivity contribution in [2.45, 2.75) is 0 Å². The molecule has 0 saturated heterocycles. The van der Waals surface area contributed by atoms with E-state index in [1.807, 2.05) is 0 Å². The molecule has 7 heteroatoms. The summed E-state index contributed by atoms with van der Waals surface area (Å²) in [5, 5.41) is 10.1. The molecule has 0 aliphatic heterocycles. The van der Waals surface area contributed by atoms with Gasteiger partial charge in [0, 0.05) is 11.6 Å². The number of Topliss-reactive ketones (excluding diaryl/α,β-unsaturated/α-hetero) is 1. The zero-order chi connectivity index (χ0) is 10.3. The molecule has 0 bridgehead atoms. The molecule has 0 aliphatic rings. The number of nitrogens with zero attached hydrogens (tertiary/aromatic N) is 2. The van der Waals surface area contributed by atoms with Gasteiger partial charge in [-0.1, -0.05) is 11.6 Å². The predicted molar refractivity (Wildman–Crippen MR) is 50.0 cm³/mol. The molecule has 0 atom stereocenters. The molecule has 0 fully saturated rings. The topological polar surface area (TPSA) is 71.7 Å². The molecule has 2 aromatic heterocycles. The predicted octanol–water partition coefficient (Wildman–Crippen LogP) is 1.32. The van der Waals surface area contributed by atoms with Crippen molar-refractivity contribution in [2.75, 3.05) is 0 Å². The van der Waals surface area contributed by atoms with Gasteiger partial charge in [0.1, 0.15) is 5.69 Å². The molecule has 2 aromatic rings. The molecular formula is C7H3ClN2O3S. The van der Waals surface area contributed by atoms with E-state index in [1.165, 1.54) is 15.7 Å². The number of fused-ring (bicyclic) bond motifs is 1. The number of rotatable bonds is 2. The van der Waals surface area contributed by atoms with Crippen molar-refractivity contribution >= 4 is 39.7 Å². The van der Waals surface area contributed by atoms with Gasteiger partial charge in [0.15, 0.2) is 10.1 Å². The Bertz CT molecular complexity index is 530. The molecule has 0 aliphatic carbocycles. The maximum Gasteiger partial charge on any atom is 0.378 e. The molecule has 0 spiro atoms. The summed E-state index contributed by atoms with van der Waals surface area (Å²) in [5.74, 6) is -2.60. The van der Waals surface area contributed by atoms with Crippen LogP contribution in [0.5, 0.6) is 0 Å². The van der Waals surface area contributed by atoms with Crippen molar-refractivity contribution in [2.24, 2.45) is 0 Å². The fraction of sp³-hybridized carbons (Fsp3) is 0. The minimum atomic E-state index is -1.54. The number of carboxylic acid groups (broad SMARTS) is 1. The van der Waals surface area contributed by atoms with Gasteiger partial charge in [-0.05, 0) is 0 Å². The van der Waals surface area contributed by atoms with E-state index in [0.717, 1.165) is 0 Å². The summed E-state index contributed by atoms with van der Waals surface area (Å²) in [5.41, 5.74) is -0.101. The summed E-state index contributed by atoms with van der Waals surface area (Å²) in [6.45, 7) is 0. The Morgan fingerprint density at radius 3 is 2.93 bits per heavy atom. The first-order valence-corrected chi connectivity index (χ1v) is 4.75. The Balaban J connectivity index is 2.70. The van der Waals surface area contributed by atoms with Crippen LogP contribution in [0.15, 0.2) is 11.6 Å². The van der Waals surface area contributed by atoms with Crippen molar-refractivity contribution < 1.29 is 14.7 Å². The van der Waals surface area contributed by atoms with Gasteiger partial charge in [0.2, 0.25) is 0 Å². The van der Waals surface area contributed by atoms with Crippen LogP contribution in [-0.2, 0) is 4.79 Å². The highest BCUT2D eigenvalue weighted by Gasteiger charge is 2.24.